The molecule has 22 heavy (non-hydrogen) atoms. The highest BCUT2D eigenvalue weighted by Gasteiger charge is 2.27. The second-order valence-corrected chi connectivity index (χ2v) is 7.05. The van der Waals surface area contributed by atoms with Crippen LogP contribution in [0.15, 0.2) is 23.1 Å². The molecule has 1 saturated heterocycles. The van der Waals surface area contributed by atoms with Crippen molar-refractivity contribution in [1.82, 2.24) is 10.0 Å². The van der Waals surface area contributed by atoms with E-state index in [1.165, 1.54) is 25.3 Å². The number of piperidine rings is 1. The Balaban J connectivity index is 2.29. The molecule has 1 amide bonds. The number of nitrogens with one attached hydrogen (secondary N) is 2. The Hall–Kier alpha value is -1.64. The van der Waals surface area contributed by atoms with E-state index in [-0.39, 0.29) is 28.3 Å². The molecule has 1 aliphatic rings. The number of carbonyl (C=O) groups excluding carboxylic acids is 1. The summed E-state index contributed by atoms with van der Waals surface area (Å²) in [6.45, 7) is 2.82. The number of carbonyl (C=O) groups is 1. The lowest BCUT2D eigenvalue weighted by atomic mass is 10.0. The number of primary amides is 1. The summed E-state index contributed by atoms with van der Waals surface area (Å²) in [5, 5.41) is 3.23. The smallest absolute Gasteiger partial charge is 0.252 e. The van der Waals surface area contributed by atoms with Gasteiger partial charge < -0.3 is 15.8 Å². The van der Waals surface area contributed by atoms with Crippen molar-refractivity contribution in [3.05, 3.63) is 23.8 Å². The molecule has 122 valence electrons. The van der Waals surface area contributed by atoms with Crippen LogP contribution in [0.3, 0.4) is 0 Å². The third-order valence-corrected chi connectivity index (χ3v) is 5.30. The van der Waals surface area contributed by atoms with E-state index in [0.29, 0.717) is 0 Å². The van der Waals surface area contributed by atoms with Gasteiger partial charge in [0.2, 0.25) is 10.0 Å². The lowest BCUT2D eigenvalue weighted by Gasteiger charge is -2.30. The molecule has 0 radical (unpaired) electrons. The summed E-state index contributed by atoms with van der Waals surface area (Å²) in [5.41, 5.74) is 5.31. The molecule has 2 atom stereocenters. The number of hydrogen-bond acceptors (Lipinski definition) is 5. The van der Waals surface area contributed by atoms with Gasteiger partial charge in [0.25, 0.3) is 5.91 Å². The van der Waals surface area contributed by atoms with Crippen molar-refractivity contribution in [3.63, 3.8) is 0 Å². The minimum Gasteiger partial charge on any atom is -0.496 e. The maximum Gasteiger partial charge on any atom is 0.252 e. The van der Waals surface area contributed by atoms with Crippen molar-refractivity contribution in [2.75, 3.05) is 13.7 Å². The number of amides is 1. The van der Waals surface area contributed by atoms with E-state index in [4.69, 9.17) is 10.5 Å². The molecule has 0 saturated carbocycles. The molecule has 0 bridgehead atoms. The normalized spacial score (nSPS) is 22.3. The fourth-order valence-electron chi connectivity index (χ4n) is 2.52. The first-order valence-electron chi connectivity index (χ1n) is 7.08. The van der Waals surface area contributed by atoms with Crippen LogP contribution in [-0.4, -0.2) is 40.1 Å². The predicted octanol–water partition coefficient (Wildman–Crippen LogP) is 0.213. The van der Waals surface area contributed by atoms with Crippen LogP contribution in [0.5, 0.6) is 5.75 Å². The Morgan fingerprint density at radius 1 is 1.45 bits per heavy atom. The Morgan fingerprint density at radius 2 is 2.18 bits per heavy atom. The summed E-state index contributed by atoms with van der Waals surface area (Å²) >= 11 is 0. The Morgan fingerprint density at radius 3 is 2.77 bits per heavy atom. The van der Waals surface area contributed by atoms with Gasteiger partial charge >= 0.3 is 0 Å². The first-order valence-corrected chi connectivity index (χ1v) is 8.57. The Labute approximate surface area is 130 Å². The summed E-state index contributed by atoms with van der Waals surface area (Å²) in [5.74, 6) is -0.485. The zero-order chi connectivity index (χ0) is 16.3. The molecular formula is C14H21N3O4S. The van der Waals surface area contributed by atoms with Crippen LogP contribution in [0.2, 0.25) is 0 Å². The molecule has 8 heteroatoms. The first-order chi connectivity index (χ1) is 10.3. The van der Waals surface area contributed by atoms with Gasteiger partial charge in [-0.25, -0.2) is 13.1 Å². The van der Waals surface area contributed by atoms with Crippen molar-refractivity contribution in [2.45, 2.75) is 36.7 Å². The van der Waals surface area contributed by atoms with E-state index in [1.807, 2.05) is 6.92 Å². The zero-order valence-corrected chi connectivity index (χ0v) is 13.4. The van der Waals surface area contributed by atoms with Gasteiger partial charge in [-0.05, 0) is 44.5 Å². The summed E-state index contributed by atoms with van der Waals surface area (Å²) in [6, 6.07) is 3.94. The van der Waals surface area contributed by atoms with E-state index >= 15 is 0 Å². The fraction of sp³-hybridized carbons (Fsp3) is 0.500. The molecule has 1 aromatic carbocycles. The molecule has 2 rings (SSSR count). The number of hydrogen-bond donors (Lipinski definition) is 3. The highest BCUT2D eigenvalue weighted by Crippen LogP contribution is 2.23. The summed E-state index contributed by atoms with van der Waals surface area (Å²) in [4.78, 5) is 11.4. The molecule has 0 aliphatic carbocycles. The largest absolute Gasteiger partial charge is 0.496 e. The third-order valence-electron chi connectivity index (χ3n) is 3.81. The van der Waals surface area contributed by atoms with E-state index in [0.717, 1.165) is 19.4 Å². The van der Waals surface area contributed by atoms with Crippen LogP contribution in [0.1, 0.15) is 30.1 Å². The molecule has 2 unspecified atom stereocenters. The summed E-state index contributed by atoms with van der Waals surface area (Å²) in [6.07, 6.45) is 1.68. The van der Waals surface area contributed by atoms with E-state index < -0.39 is 15.9 Å². The van der Waals surface area contributed by atoms with Crippen molar-refractivity contribution in [2.24, 2.45) is 5.73 Å². The number of nitrogens with two attached hydrogens (primary N) is 1. The molecule has 0 spiro atoms. The van der Waals surface area contributed by atoms with Gasteiger partial charge in [0.05, 0.1) is 17.6 Å². The van der Waals surface area contributed by atoms with Gasteiger partial charge in [-0.15, -0.1) is 0 Å². The zero-order valence-electron chi connectivity index (χ0n) is 12.6. The topological polar surface area (TPSA) is 111 Å². The van der Waals surface area contributed by atoms with Gasteiger partial charge in [0.15, 0.2) is 0 Å². The number of sulfonamides is 1. The van der Waals surface area contributed by atoms with Gasteiger partial charge in [-0.2, -0.15) is 0 Å². The second-order valence-electron chi connectivity index (χ2n) is 5.34. The van der Waals surface area contributed by atoms with Gasteiger partial charge in [-0.3, -0.25) is 4.79 Å². The molecular weight excluding hydrogens is 306 g/mol. The van der Waals surface area contributed by atoms with Crippen LogP contribution in [0.4, 0.5) is 0 Å². The van der Waals surface area contributed by atoms with Gasteiger partial charge in [-0.1, -0.05) is 0 Å². The number of methoxy groups -OCH3 is 1. The fourth-order valence-corrected chi connectivity index (χ4v) is 3.90. The molecule has 0 aromatic heterocycles. The number of benzene rings is 1. The van der Waals surface area contributed by atoms with Crippen molar-refractivity contribution >= 4 is 15.9 Å². The van der Waals surface area contributed by atoms with Crippen LogP contribution < -0.4 is 20.5 Å². The molecule has 1 fully saturated rings. The minimum atomic E-state index is -3.73. The van der Waals surface area contributed by atoms with Crippen LogP contribution >= 0.6 is 0 Å². The average Bonchev–Trinajstić information content (AvgIpc) is 2.48. The minimum absolute atomic E-state index is 0.000117. The molecule has 1 aromatic rings. The summed E-state index contributed by atoms with van der Waals surface area (Å²) < 4.78 is 32.7. The van der Waals surface area contributed by atoms with Crippen molar-refractivity contribution < 1.29 is 17.9 Å². The molecule has 1 heterocycles. The van der Waals surface area contributed by atoms with E-state index in [1.54, 1.807) is 0 Å². The van der Waals surface area contributed by atoms with Crippen molar-refractivity contribution in [1.29, 1.82) is 0 Å². The van der Waals surface area contributed by atoms with E-state index in [2.05, 4.69) is 10.0 Å². The highest BCUT2D eigenvalue weighted by molar-refractivity contribution is 7.89. The van der Waals surface area contributed by atoms with Crippen LogP contribution in [0.25, 0.3) is 0 Å². The van der Waals surface area contributed by atoms with Crippen LogP contribution in [-0.2, 0) is 10.0 Å². The number of rotatable bonds is 5. The lowest BCUT2D eigenvalue weighted by molar-refractivity contribution is 0.0997. The second kappa shape index (κ2) is 6.64. The maximum atomic E-state index is 12.5. The molecule has 1 aliphatic heterocycles. The Bertz CT molecular complexity index is 660. The quantitative estimate of drug-likeness (QED) is 0.716. The lowest BCUT2D eigenvalue weighted by Crippen LogP contribution is -2.51. The standard InChI is InChI=1S/C14H21N3O4S/c1-9-12(4-3-7-16-9)17-22(19,20)10-5-6-13(21-2)11(8-10)14(15)18/h5-6,8-9,12,16-17H,3-4,7H2,1-2H3,(H2,15,18). The third kappa shape index (κ3) is 3.57. The average molecular weight is 327 g/mol. The van der Waals surface area contributed by atoms with Crippen molar-refractivity contribution in [3.8, 4) is 5.75 Å². The molecule has 7 nitrogen and oxygen atoms in total. The number of ether oxygens (including phenoxy) is 1. The monoisotopic (exact) mass is 327 g/mol. The summed E-state index contributed by atoms with van der Waals surface area (Å²) in [7, 11) is -2.33. The predicted molar refractivity (Wildman–Crippen MR) is 82.3 cm³/mol. The SMILES string of the molecule is COc1ccc(S(=O)(=O)NC2CCCNC2C)cc1C(N)=O. The maximum absolute atomic E-state index is 12.5. The van der Waals surface area contributed by atoms with Gasteiger partial charge in [0.1, 0.15) is 5.75 Å². The highest BCUT2D eigenvalue weighted by atomic mass is 32.2. The van der Waals surface area contributed by atoms with E-state index in [9.17, 15) is 13.2 Å². The first kappa shape index (κ1) is 16.7. The van der Waals surface area contributed by atoms with Crippen LogP contribution in [0, 0.1) is 0 Å². The molecule has 4 N–H and O–H groups in total. The Kier molecular flexibility index (Phi) is 5.05. The van der Waals surface area contributed by atoms with Gasteiger partial charge in [0, 0.05) is 12.1 Å².